The summed E-state index contributed by atoms with van der Waals surface area (Å²) in [5.41, 5.74) is 0. The summed E-state index contributed by atoms with van der Waals surface area (Å²) in [5.74, 6) is 0.224. The van der Waals surface area contributed by atoms with Crippen molar-refractivity contribution in [2.24, 2.45) is 5.92 Å². The lowest BCUT2D eigenvalue weighted by Crippen LogP contribution is -2.43. The second kappa shape index (κ2) is 6.35. The Morgan fingerprint density at radius 3 is 2.41 bits per heavy atom. The van der Waals surface area contributed by atoms with Gasteiger partial charge in [0.15, 0.2) is 0 Å². The fourth-order valence-electron chi connectivity index (χ4n) is 2.06. The smallest absolute Gasteiger partial charge is 0.222 e. The Bertz CT molecular complexity index is 346. The zero-order chi connectivity index (χ0) is 12.9. The Morgan fingerprint density at radius 1 is 1.35 bits per heavy atom. The number of piperidine rings is 1. The Balaban J connectivity index is 2.49. The van der Waals surface area contributed by atoms with Crippen molar-refractivity contribution in [3.8, 4) is 0 Å². The summed E-state index contributed by atoms with van der Waals surface area (Å²) in [4.78, 5) is 11.4. The van der Waals surface area contributed by atoms with Gasteiger partial charge in [0.1, 0.15) is 0 Å². The fraction of sp³-hybridized carbons (Fsp3) is 0.909. The van der Waals surface area contributed by atoms with Gasteiger partial charge >= 0.3 is 0 Å². The van der Waals surface area contributed by atoms with E-state index in [-0.39, 0.29) is 17.6 Å². The van der Waals surface area contributed by atoms with Crippen molar-refractivity contribution in [2.75, 3.05) is 25.9 Å². The number of carbonyl (C=O) groups is 1. The first-order valence-corrected chi connectivity index (χ1v) is 7.81. The van der Waals surface area contributed by atoms with E-state index in [4.69, 9.17) is 0 Å². The Hall–Kier alpha value is -0.620. The van der Waals surface area contributed by atoms with Crippen molar-refractivity contribution >= 4 is 15.9 Å². The van der Waals surface area contributed by atoms with E-state index in [0.717, 1.165) is 6.42 Å². The lowest BCUT2D eigenvalue weighted by Gasteiger charge is -2.30. The summed E-state index contributed by atoms with van der Waals surface area (Å²) in [7, 11) is -1.48. The van der Waals surface area contributed by atoms with Crippen LogP contribution in [0.4, 0.5) is 0 Å². The molecule has 0 radical (unpaired) electrons. The van der Waals surface area contributed by atoms with Crippen LogP contribution in [0.15, 0.2) is 0 Å². The number of sulfonamides is 1. The minimum atomic E-state index is -3.10. The summed E-state index contributed by atoms with van der Waals surface area (Å²) < 4.78 is 25.4. The number of unbranched alkanes of at least 4 members (excludes halogenated alkanes) is 1. The van der Waals surface area contributed by atoms with Gasteiger partial charge in [0.25, 0.3) is 0 Å². The van der Waals surface area contributed by atoms with Crippen LogP contribution in [-0.4, -0.2) is 44.5 Å². The molecule has 0 aliphatic carbocycles. The van der Waals surface area contributed by atoms with Crippen molar-refractivity contribution < 1.29 is 13.2 Å². The van der Waals surface area contributed by atoms with Gasteiger partial charge in [-0.1, -0.05) is 13.3 Å². The van der Waals surface area contributed by atoms with E-state index >= 15 is 0 Å². The molecule has 0 saturated carbocycles. The van der Waals surface area contributed by atoms with Crippen LogP contribution in [0.2, 0.25) is 0 Å². The maximum absolute atomic E-state index is 11.9. The Labute approximate surface area is 104 Å². The highest BCUT2D eigenvalue weighted by Gasteiger charge is 2.30. The molecule has 1 amide bonds. The van der Waals surface area contributed by atoms with Gasteiger partial charge in [-0.2, -0.15) is 0 Å². The van der Waals surface area contributed by atoms with Crippen LogP contribution in [-0.2, 0) is 14.8 Å². The van der Waals surface area contributed by atoms with Crippen molar-refractivity contribution in [1.82, 2.24) is 9.62 Å². The van der Waals surface area contributed by atoms with Gasteiger partial charge in [0, 0.05) is 26.1 Å². The highest BCUT2D eigenvalue weighted by molar-refractivity contribution is 7.89. The van der Waals surface area contributed by atoms with E-state index in [1.54, 1.807) is 7.05 Å². The zero-order valence-electron chi connectivity index (χ0n) is 10.6. The Morgan fingerprint density at radius 2 is 1.94 bits per heavy atom. The van der Waals surface area contributed by atoms with Crippen molar-refractivity contribution in [1.29, 1.82) is 0 Å². The van der Waals surface area contributed by atoms with E-state index in [2.05, 4.69) is 5.32 Å². The van der Waals surface area contributed by atoms with Gasteiger partial charge in [0.2, 0.25) is 15.9 Å². The van der Waals surface area contributed by atoms with Crippen molar-refractivity contribution in [3.05, 3.63) is 0 Å². The van der Waals surface area contributed by atoms with Crippen LogP contribution in [0, 0.1) is 5.92 Å². The highest BCUT2D eigenvalue weighted by Crippen LogP contribution is 2.20. The summed E-state index contributed by atoms with van der Waals surface area (Å²) in [6.07, 6.45) is 2.85. The average molecular weight is 262 g/mol. The third kappa shape index (κ3) is 3.96. The molecule has 6 heteroatoms. The first-order valence-electron chi connectivity index (χ1n) is 6.20. The molecule has 1 rings (SSSR count). The summed E-state index contributed by atoms with van der Waals surface area (Å²) >= 11 is 0. The SMILES string of the molecule is CCCCS(=O)(=O)N1CCC(C(=O)NC)CC1. The molecule has 1 fully saturated rings. The monoisotopic (exact) mass is 262 g/mol. The molecule has 1 aliphatic rings. The molecule has 0 aromatic rings. The molecule has 0 atom stereocenters. The number of nitrogens with zero attached hydrogens (tertiary/aromatic N) is 1. The van der Waals surface area contributed by atoms with Crippen LogP contribution in [0.3, 0.4) is 0 Å². The molecule has 1 N–H and O–H groups in total. The van der Waals surface area contributed by atoms with E-state index in [0.29, 0.717) is 32.4 Å². The molecule has 1 saturated heterocycles. The van der Waals surface area contributed by atoms with Gasteiger partial charge in [-0.15, -0.1) is 0 Å². The molecule has 0 aromatic carbocycles. The second-order valence-electron chi connectivity index (χ2n) is 4.46. The van der Waals surface area contributed by atoms with Crippen LogP contribution < -0.4 is 5.32 Å². The van der Waals surface area contributed by atoms with Crippen LogP contribution >= 0.6 is 0 Å². The fourth-order valence-corrected chi connectivity index (χ4v) is 3.73. The molecule has 100 valence electrons. The van der Waals surface area contributed by atoms with E-state index in [9.17, 15) is 13.2 Å². The molecular formula is C11H22N2O3S. The highest BCUT2D eigenvalue weighted by atomic mass is 32.2. The number of amides is 1. The van der Waals surface area contributed by atoms with E-state index < -0.39 is 10.0 Å². The van der Waals surface area contributed by atoms with Crippen LogP contribution in [0.25, 0.3) is 0 Å². The predicted molar refractivity (Wildman–Crippen MR) is 67.1 cm³/mol. The van der Waals surface area contributed by atoms with E-state index in [1.165, 1.54) is 4.31 Å². The van der Waals surface area contributed by atoms with Crippen LogP contribution in [0.5, 0.6) is 0 Å². The minimum absolute atomic E-state index is 0.0237. The quantitative estimate of drug-likeness (QED) is 0.788. The number of carbonyl (C=O) groups excluding carboxylic acids is 1. The lowest BCUT2D eigenvalue weighted by atomic mass is 9.97. The summed E-state index contributed by atoms with van der Waals surface area (Å²) in [6, 6.07) is 0. The molecule has 1 aliphatic heterocycles. The molecular weight excluding hydrogens is 240 g/mol. The molecule has 17 heavy (non-hydrogen) atoms. The standard InChI is InChI=1S/C11H22N2O3S/c1-3-4-9-17(15,16)13-7-5-10(6-8-13)11(14)12-2/h10H,3-9H2,1-2H3,(H,12,14). The first-order chi connectivity index (χ1) is 8.01. The Kier molecular flexibility index (Phi) is 5.39. The van der Waals surface area contributed by atoms with Crippen molar-refractivity contribution in [3.63, 3.8) is 0 Å². The maximum atomic E-state index is 11.9. The third-order valence-electron chi connectivity index (χ3n) is 3.22. The number of hydrogen-bond donors (Lipinski definition) is 1. The molecule has 0 aromatic heterocycles. The van der Waals surface area contributed by atoms with Crippen molar-refractivity contribution in [2.45, 2.75) is 32.6 Å². The molecule has 5 nitrogen and oxygen atoms in total. The normalized spacial score (nSPS) is 19.2. The average Bonchev–Trinajstić information content (AvgIpc) is 2.35. The topological polar surface area (TPSA) is 66.5 Å². The van der Waals surface area contributed by atoms with Gasteiger partial charge in [0.05, 0.1) is 5.75 Å². The van der Waals surface area contributed by atoms with E-state index in [1.807, 2.05) is 6.92 Å². The zero-order valence-corrected chi connectivity index (χ0v) is 11.4. The summed E-state index contributed by atoms with van der Waals surface area (Å²) in [5, 5.41) is 2.62. The number of nitrogens with one attached hydrogen (secondary N) is 1. The molecule has 1 heterocycles. The lowest BCUT2D eigenvalue weighted by molar-refractivity contribution is -0.125. The number of hydrogen-bond acceptors (Lipinski definition) is 3. The van der Waals surface area contributed by atoms with Gasteiger partial charge in [-0.3, -0.25) is 4.79 Å². The first kappa shape index (κ1) is 14.4. The van der Waals surface area contributed by atoms with Gasteiger partial charge < -0.3 is 5.32 Å². The molecule has 0 unspecified atom stereocenters. The predicted octanol–water partition coefficient (Wildman–Crippen LogP) is 0.574. The van der Waals surface area contributed by atoms with Gasteiger partial charge in [-0.25, -0.2) is 12.7 Å². The largest absolute Gasteiger partial charge is 0.359 e. The minimum Gasteiger partial charge on any atom is -0.359 e. The summed E-state index contributed by atoms with van der Waals surface area (Å²) in [6.45, 7) is 2.93. The molecule has 0 bridgehead atoms. The number of rotatable bonds is 5. The molecule has 0 spiro atoms. The maximum Gasteiger partial charge on any atom is 0.222 e. The second-order valence-corrected chi connectivity index (χ2v) is 6.55. The van der Waals surface area contributed by atoms with Crippen LogP contribution in [0.1, 0.15) is 32.6 Å². The third-order valence-corrected chi connectivity index (χ3v) is 5.18. The van der Waals surface area contributed by atoms with Gasteiger partial charge in [-0.05, 0) is 19.3 Å².